The minimum absolute atomic E-state index is 0.679. The second kappa shape index (κ2) is 8.60. The van der Waals surface area contributed by atoms with E-state index in [0.29, 0.717) is 6.04 Å². The van der Waals surface area contributed by atoms with Gasteiger partial charge in [0.05, 0.1) is 6.61 Å². The van der Waals surface area contributed by atoms with Crippen molar-refractivity contribution in [2.75, 3.05) is 31.7 Å². The number of hydrogen-bond donors (Lipinski definition) is 1. The lowest BCUT2D eigenvalue weighted by molar-refractivity contribution is 0.199. The molecule has 1 N–H and O–H groups in total. The van der Waals surface area contributed by atoms with Gasteiger partial charge < -0.3 is 15.0 Å². The Labute approximate surface area is 126 Å². The Hall–Kier alpha value is -0.650. The Morgan fingerprint density at radius 1 is 1.45 bits per heavy atom. The predicted molar refractivity (Wildman–Crippen MR) is 85.6 cm³/mol. The molecular weight excluding hydrogens is 270 g/mol. The van der Waals surface area contributed by atoms with Gasteiger partial charge in [-0.15, -0.1) is 11.3 Å². The second-order valence-electron chi connectivity index (χ2n) is 5.38. The molecule has 0 amide bonds. The molecule has 1 fully saturated rings. The predicted octanol–water partition coefficient (Wildman–Crippen LogP) is 3.04. The summed E-state index contributed by atoms with van der Waals surface area (Å²) in [6.45, 7) is 6.01. The summed E-state index contributed by atoms with van der Waals surface area (Å²) < 4.78 is 5.04. The average Bonchev–Trinajstić information content (AvgIpc) is 2.80. The first-order valence-electron chi connectivity index (χ1n) is 7.76. The third-order valence-corrected chi connectivity index (χ3v) is 4.95. The Balaban J connectivity index is 1.92. The van der Waals surface area contributed by atoms with Gasteiger partial charge in [0.15, 0.2) is 5.13 Å². The third kappa shape index (κ3) is 4.43. The first kappa shape index (κ1) is 15.7. The fourth-order valence-electron chi connectivity index (χ4n) is 2.75. The van der Waals surface area contributed by atoms with E-state index in [2.05, 4.69) is 22.1 Å². The summed E-state index contributed by atoms with van der Waals surface area (Å²) in [5.41, 5.74) is 0. The van der Waals surface area contributed by atoms with Crippen LogP contribution in [0.2, 0.25) is 0 Å². The quantitative estimate of drug-likeness (QED) is 0.785. The SMILES string of the molecule is CCC1CCCCCN1c1ncc(CNCCOC)s1. The van der Waals surface area contributed by atoms with Crippen LogP contribution in [0.4, 0.5) is 5.13 Å². The van der Waals surface area contributed by atoms with Crippen LogP contribution in [0.1, 0.15) is 43.9 Å². The maximum Gasteiger partial charge on any atom is 0.185 e. The fraction of sp³-hybridized carbons (Fsp3) is 0.800. The molecule has 1 saturated heterocycles. The minimum atomic E-state index is 0.679. The van der Waals surface area contributed by atoms with Crippen LogP contribution < -0.4 is 10.2 Å². The lowest BCUT2D eigenvalue weighted by Crippen LogP contribution is -2.34. The molecule has 0 aromatic carbocycles. The van der Waals surface area contributed by atoms with E-state index in [1.807, 2.05) is 17.5 Å². The van der Waals surface area contributed by atoms with E-state index in [-0.39, 0.29) is 0 Å². The zero-order valence-electron chi connectivity index (χ0n) is 12.7. The Bertz CT molecular complexity index is 383. The molecule has 1 atom stereocenters. The maximum atomic E-state index is 5.04. The molecule has 2 rings (SSSR count). The molecule has 0 bridgehead atoms. The molecule has 1 aromatic rings. The zero-order chi connectivity index (χ0) is 14.2. The number of methoxy groups -OCH3 is 1. The van der Waals surface area contributed by atoms with Crippen molar-refractivity contribution in [3.8, 4) is 0 Å². The lowest BCUT2D eigenvalue weighted by Gasteiger charge is -2.28. The Morgan fingerprint density at radius 2 is 2.35 bits per heavy atom. The maximum absolute atomic E-state index is 5.04. The highest BCUT2D eigenvalue weighted by atomic mass is 32.1. The summed E-state index contributed by atoms with van der Waals surface area (Å²) in [5.74, 6) is 0. The average molecular weight is 297 g/mol. The molecule has 0 aliphatic carbocycles. The van der Waals surface area contributed by atoms with Crippen LogP contribution in [0.15, 0.2) is 6.20 Å². The smallest absolute Gasteiger partial charge is 0.185 e. The van der Waals surface area contributed by atoms with Gasteiger partial charge in [-0.1, -0.05) is 19.8 Å². The topological polar surface area (TPSA) is 37.4 Å². The third-order valence-electron chi connectivity index (χ3n) is 3.92. The normalized spacial score (nSPS) is 20.1. The van der Waals surface area contributed by atoms with Gasteiger partial charge in [0.1, 0.15) is 0 Å². The van der Waals surface area contributed by atoms with E-state index >= 15 is 0 Å². The van der Waals surface area contributed by atoms with Gasteiger partial charge in [-0.05, 0) is 19.3 Å². The molecule has 4 nitrogen and oxygen atoms in total. The van der Waals surface area contributed by atoms with Gasteiger partial charge in [0, 0.05) is 43.9 Å². The highest BCUT2D eigenvalue weighted by Gasteiger charge is 2.21. The standard InChI is InChI=1S/C15H27N3OS/c1-3-13-7-5-4-6-9-18(13)15-17-12-14(20-15)11-16-8-10-19-2/h12-13,16H,3-11H2,1-2H3. The zero-order valence-corrected chi connectivity index (χ0v) is 13.5. The number of nitrogens with one attached hydrogen (secondary N) is 1. The summed E-state index contributed by atoms with van der Waals surface area (Å²) >= 11 is 1.84. The molecule has 0 saturated carbocycles. The van der Waals surface area contributed by atoms with Crippen molar-refractivity contribution in [3.63, 3.8) is 0 Å². The van der Waals surface area contributed by atoms with E-state index in [4.69, 9.17) is 4.74 Å². The van der Waals surface area contributed by atoms with Gasteiger partial charge >= 0.3 is 0 Å². The first-order valence-corrected chi connectivity index (χ1v) is 8.57. The van der Waals surface area contributed by atoms with E-state index < -0.39 is 0 Å². The van der Waals surface area contributed by atoms with Gasteiger partial charge in [-0.2, -0.15) is 0 Å². The minimum Gasteiger partial charge on any atom is -0.383 e. The van der Waals surface area contributed by atoms with Crippen LogP contribution in [0.3, 0.4) is 0 Å². The molecular formula is C15H27N3OS. The van der Waals surface area contributed by atoms with Crippen molar-refractivity contribution in [2.24, 2.45) is 0 Å². The number of anilines is 1. The van der Waals surface area contributed by atoms with E-state index in [9.17, 15) is 0 Å². The van der Waals surface area contributed by atoms with E-state index in [0.717, 1.165) is 19.7 Å². The summed E-state index contributed by atoms with van der Waals surface area (Å²) in [5, 5.41) is 4.59. The van der Waals surface area contributed by atoms with Crippen molar-refractivity contribution in [1.82, 2.24) is 10.3 Å². The van der Waals surface area contributed by atoms with Crippen molar-refractivity contribution in [3.05, 3.63) is 11.1 Å². The van der Waals surface area contributed by atoms with Crippen LogP contribution in [-0.4, -0.2) is 37.8 Å². The molecule has 0 spiro atoms. The Kier molecular flexibility index (Phi) is 6.76. The molecule has 0 radical (unpaired) electrons. The highest BCUT2D eigenvalue weighted by Crippen LogP contribution is 2.29. The largest absolute Gasteiger partial charge is 0.383 e. The molecule has 1 unspecified atom stereocenters. The number of hydrogen-bond acceptors (Lipinski definition) is 5. The van der Waals surface area contributed by atoms with Crippen LogP contribution in [0, 0.1) is 0 Å². The molecule has 1 aromatic heterocycles. The van der Waals surface area contributed by atoms with Crippen LogP contribution in [-0.2, 0) is 11.3 Å². The number of aromatic nitrogens is 1. The lowest BCUT2D eigenvalue weighted by atomic mass is 10.1. The van der Waals surface area contributed by atoms with Crippen molar-refractivity contribution in [1.29, 1.82) is 0 Å². The van der Waals surface area contributed by atoms with Crippen LogP contribution in [0.5, 0.6) is 0 Å². The van der Waals surface area contributed by atoms with E-state index in [1.165, 1.54) is 48.7 Å². The van der Waals surface area contributed by atoms with Crippen molar-refractivity contribution in [2.45, 2.75) is 51.6 Å². The van der Waals surface area contributed by atoms with E-state index in [1.54, 1.807) is 7.11 Å². The summed E-state index contributed by atoms with van der Waals surface area (Å²) in [6.07, 6.45) is 8.60. The van der Waals surface area contributed by atoms with Crippen LogP contribution >= 0.6 is 11.3 Å². The van der Waals surface area contributed by atoms with Gasteiger partial charge in [-0.3, -0.25) is 0 Å². The summed E-state index contributed by atoms with van der Waals surface area (Å²) in [7, 11) is 1.73. The summed E-state index contributed by atoms with van der Waals surface area (Å²) in [4.78, 5) is 8.50. The van der Waals surface area contributed by atoms with Gasteiger partial charge in [-0.25, -0.2) is 4.98 Å². The molecule has 5 heteroatoms. The first-order chi connectivity index (χ1) is 9.85. The summed E-state index contributed by atoms with van der Waals surface area (Å²) in [6, 6.07) is 0.679. The second-order valence-corrected chi connectivity index (χ2v) is 6.48. The fourth-order valence-corrected chi connectivity index (χ4v) is 3.73. The van der Waals surface area contributed by atoms with Gasteiger partial charge in [0.2, 0.25) is 0 Å². The monoisotopic (exact) mass is 297 g/mol. The number of rotatable bonds is 7. The van der Waals surface area contributed by atoms with Crippen molar-refractivity contribution >= 4 is 16.5 Å². The Morgan fingerprint density at radius 3 is 3.15 bits per heavy atom. The number of thiazole rings is 1. The highest BCUT2D eigenvalue weighted by molar-refractivity contribution is 7.15. The molecule has 114 valence electrons. The number of ether oxygens (including phenoxy) is 1. The van der Waals surface area contributed by atoms with Crippen molar-refractivity contribution < 1.29 is 4.74 Å². The molecule has 20 heavy (non-hydrogen) atoms. The molecule has 1 aliphatic heterocycles. The molecule has 1 aliphatic rings. The van der Waals surface area contributed by atoms with Crippen LogP contribution in [0.25, 0.3) is 0 Å². The number of nitrogens with zero attached hydrogens (tertiary/aromatic N) is 2. The van der Waals surface area contributed by atoms with Gasteiger partial charge in [0.25, 0.3) is 0 Å². The molecule has 2 heterocycles.